The molecule has 166 valence electrons. The van der Waals surface area contributed by atoms with Crippen LogP contribution in [0.1, 0.15) is 10.6 Å². The molecule has 0 saturated heterocycles. The molecule has 0 atom stereocenters. The lowest BCUT2D eigenvalue weighted by molar-refractivity contribution is 0.356. The maximum absolute atomic E-state index is 13.5. The largest absolute Gasteiger partial charge is 0.493 e. The number of fused-ring (bicyclic) bond motifs is 1. The Hall–Kier alpha value is -3.49. The van der Waals surface area contributed by atoms with Gasteiger partial charge in [0.2, 0.25) is 0 Å². The molecule has 0 aliphatic carbocycles. The summed E-state index contributed by atoms with van der Waals surface area (Å²) in [6.45, 7) is 2.38. The molecule has 0 N–H and O–H groups in total. The summed E-state index contributed by atoms with van der Waals surface area (Å²) < 4.78 is 12.6. The molecule has 5 rings (SSSR count). The van der Waals surface area contributed by atoms with Gasteiger partial charge in [0.05, 0.1) is 43.7 Å². The summed E-state index contributed by atoms with van der Waals surface area (Å²) in [5.74, 6) is 1.29. The lowest BCUT2D eigenvalue weighted by Gasteiger charge is -2.10. The Morgan fingerprint density at radius 1 is 1.03 bits per heavy atom. The van der Waals surface area contributed by atoms with Crippen LogP contribution in [0.25, 0.3) is 31.9 Å². The standard InChI is InChI=1S/C25H21N3O3S2/c1-15-20(16-8-5-4-6-9-16)21-24(33-15)26-14-28(25(21)29)12-17-13-32-23(27-17)18-10-7-11-19(30-2)22(18)31-3/h4-11,13-14H,12H2,1-3H3. The third kappa shape index (κ3) is 3.81. The molecule has 0 aliphatic heterocycles. The Morgan fingerprint density at radius 3 is 2.61 bits per heavy atom. The van der Waals surface area contributed by atoms with E-state index in [1.807, 2.05) is 60.8 Å². The van der Waals surface area contributed by atoms with Crippen molar-refractivity contribution in [3.8, 4) is 33.2 Å². The fourth-order valence-corrected chi connectivity index (χ4v) is 5.77. The first-order valence-corrected chi connectivity index (χ1v) is 12.0. The normalized spacial score (nSPS) is 11.1. The van der Waals surface area contributed by atoms with Crippen molar-refractivity contribution >= 4 is 32.9 Å². The first-order chi connectivity index (χ1) is 16.1. The number of rotatable bonds is 6. The van der Waals surface area contributed by atoms with E-state index in [9.17, 15) is 4.79 Å². The van der Waals surface area contributed by atoms with Crippen LogP contribution in [-0.2, 0) is 6.54 Å². The molecule has 0 radical (unpaired) electrons. The molecule has 3 aromatic heterocycles. The highest BCUT2D eigenvalue weighted by atomic mass is 32.1. The molecular weight excluding hydrogens is 454 g/mol. The van der Waals surface area contributed by atoms with Crippen molar-refractivity contribution in [1.82, 2.24) is 14.5 Å². The van der Waals surface area contributed by atoms with E-state index in [1.54, 1.807) is 36.5 Å². The monoisotopic (exact) mass is 475 g/mol. The molecule has 0 aliphatic rings. The van der Waals surface area contributed by atoms with E-state index < -0.39 is 0 Å². The third-order valence-corrected chi connectivity index (χ3v) is 7.37. The van der Waals surface area contributed by atoms with E-state index in [1.165, 1.54) is 11.3 Å². The summed E-state index contributed by atoms with van der Waals surface area (Å²) >= 11 is 3.05. The summed E-state index contributed by atoms with van der Waals surface area (Å²) in [7, 11) is 3.23. The van der Waals surface area contributed by atoms with Gasteiger partial charge in [-0.25, -0.2) is 9.97 Å². The maximum Gasteiger partial charge on any atom is 0.263 e. The molecule has 3 heterocycles. The molecule has 0 bridgehead atoms. The van der Waals surface area contributed by atoms with Crippen LogP contribution in [0.3, 0.4) is 0 Å². The number of thiophene rings is 1. The van der Waals surface area contributed by atoms with Gasteiger partial charge in [-0.2, -0.15) is 0 Å². The number of thiazole rings is 1. The lowest BCUT2D eigenvalue weighted by Crippen LogP contribution is -2.21. The smallest absolute Gasteiger partial charge is 0.263 e. The highest BCUT2D eigenvalue weighted by molar-refractivity contribution is 7.19. The first kappa shape index (κ1) is 21.4. The number of hydrogen-bond acceptors (Lipinski definition) is 7. The molecule has 33 heavy (non-hydrogen) atoms. The quantitative estimate of drug-likeness (QED) is 0.319. The van der Waals surface area contributed by atoms with Crippen LogP contribution in [0.2, 0.25) is 0 Å². The van der Waals surface area contributed by atoms with Crippen molar-refractivity contribution in [3.05, 3.63) is 81.2 Å². The van der Waals surface area contributed by atoms with Crippen molar-refractivity contribution < 1.29 is 9.47 Å². The molecular formula is C25H21N3O3S2. The van der Waals surface area contributed by atoms with Crippen LogP contribution in [0.5, 0.6) is 11.5 Å². The van der Waals surface area contributed by atoms with E-state index in [-0.39, 0.29) is 5.56 Å². The molecule has 8 heteroatoms. The average Bonchev–Trinajstić information content (AvgIpc) is 3.45. The van der Waals surface area contributed by atoms with Crippen molar-refractivity contribution in [2.75, 3.05) is 14.2 Å². The van der Waals surface area contributed by atoms with Crippen LogP contribution in [0, 0.1) is 6.92 Å². The molecule has 2 aromatic carbocycles. The lowest BCUT2D eigenvalue weighted by atomic mass is 10.0. The number of ether oxygens (including phenoxy) is 2. The van der Waals surface area contributed by atoms with Gasteiger partial charge in [-0.15, -0.1) is 22.7 Å². The minimum absolute atomic E-state index is 0.0586. The zero-order valence-corrected chi connectivity index (χ0v) is 20.0. The minimum atomic E-state index is -0.0586. The second kappa shape index (κ2) is 8.80. The van der Waals surface area contributed by atoms with Crippen LogP contribution < -0.4 is 15.0 Å². The van der Waals surface area contributed by atoms with E-state index >= 15 is 0 Å². The Morgan fingerprint density at radius 2 is 1.85 bits per heavy atom. The number of para-hydroxylation sites is 1. The number of nitrogens with zero attached hydrogens (tertiary/aromatic N) is 3. The molecule has 0 fully saturated rings. The summed E-state index contributed by atoms with van der Waals surface area (Å²) in [6, 6.07) is 15.7. The van der Waals surface area contributed by atoms with Gasteiger partial charge in [0.25, 0.3) is 5.56 Å². The van der Waals surface area contributed by atoms with E-state index in [0.29, 0.717) is 23.4 Å². The average molecular weight is 476 g/mol. The Labute approximate surface area is 198 Å². The Balaban J connectivity index is 1.54. The number of methoxy groups -OCH3 is 2. The highest BCUT2D eigenvalue weighted by Crippen LogP contribution is 2.39. The zero-order chi connectivity index (χ0) is 22.9. The second-order valence-electron chi connectivity index (χ2n) is 7.44. The zero-order valence-electron chi connectivity index (χ0n) is 18.4. The highest BCUT2D eigenvalue weighted by Gasteiger charge is 2.18. The van der Waals surface area contributed by atoms with Gasteiger partial charge in [0.1, 0.15) is 9.84 Å². The number of aryl methyl sites for hydroxylation is 1. The van der Waals surface area contributed by atoms with Crippen molar-refractivity contribution in [2.24, 2.45) is 0 Å². The second-order valence-corrected chi connectivity index (χ2v) is 9.50. The van der Waals surface area contributed by atoms with Crippen LogP contribution >= 0.6 is 22.7 Å². The summed E-state index contributed by atoms with van der Waals surface area (Å²) in [4.78, 5) is 24.7. The number of benzene rings is 2. The van der Waals surface area contributed by atoms with Gasteiger partial charge >= 0.3 is 0 Å². The molecule has 5 aromatic rings. The SMILES string of the molecule is COc1cccc(-c2nc(Cn3cnc4sc(C)c(-c5ccccc5)c4c3=O)cs2)c1OC. The maximum atomic E-state index is 13.5. The van der Waals surface area contributed by atoms with Crippen molar-refractivity contribution in [3.63, 3.8) is 0 Å². The van der Waals surface area contributed by atoms with E-state index in [2.05, 4.69) is 4.98 Å². The predicted molar refractivity (Wildman–Crippen MR) is 134 cm³/mol. The Bertz CT molecular complexity index is 1500. The van der Waals surface area contributed by atoms with Gasteiger partial charge in [0.15, 0.2) is 11.5 Å². The third-order valence-electron chi connectivity index (χ3n) is 5.43. The van der Waals surface area contributed by atoms with Gasteiger partial charge in [0, 0.05) is 15.8 Å². The molecule has 0 amide bonds. The van der Waals surface area contributed by atoms with E-state index in [4.69, 9.17) is 14.5 Å². The number of hydrogen-bond donors (Lipinski definition) is 0. The van der Waals surface area contributed by atoms with Gasteiger partial charge in [-0.1, -0.05) is 36.4 Å². The summed E-state index contributed by atoms with van der Waals surface area (Å²) in [6.07, 6.45) is 1.61. The minimum Gasteiger partial charge on any atom is -0.493 e. The topological polar surface area (TPSA) is 66.2 Å². The van der Waals surface area contributed by atoms with Crippen molar-refractivity contribution in [1.29, 1.82) is 0 Å². The predicted octanol–water partition coefficient (Wildman–Crippen LogP) is 5.62. The van der Waals surface area contributed by atoms with Gasteiger partial charge < -0.3 is 9.47 Å². The molecule has 6 nitrogen and oxygen atoms in total. The summed E-state index contributed by atoms with van der Waals surface area (Å²) in [5, 5.41) is 3.43. The fourth-order valence-electron chi connectivity index (χ4n) is 3.94. The van der Waals surface area contributed by atoms with Crippen LogP contribution in [0.15, 0.2) is 65.0 Å². The molecule has 0 saturated carbocycles. The van der Waals surface area contributed by atoms with Crippen LogP contribution in [0.4, 0.5) is 0 Å². The van der Waals surface area contributed by atoms with E-state index in [0.717, 1.165) is 37.1 Å². The van der Waals surface area contributed by atoms with Gasteiger partial charge in [-0.05, 0) is 24.6 Å². The fraction of sp³-hybridized carbons (Fsp3) is 0.160. The first-order valence-electron chi connectivity index (χ1n) is 10.3. The molecule has 0 unspecified atom stereocenters. The Kier molecular flexibility index (Phi) is 5.70. The van der Waals surface area contributed by atoms with Crippen LogP contribution in [-0.4, -0.2) is 28.8 Å². The number of aromatic nitrogens is 3. The summed E-state index contributed by atoms with van der Waals surface area (Å²) in [5.41, 5.74) is 3.57. The van der Waals surface area contributed by atoms with Crippen molar-refractivity contribution in [2.45, 2.75) is 13.5 Å². The van der Waals surface area contributed by atoms with Gasteiger partial charge in [-0.3, -0.25) is 9.36 Å². The molecule has 0 spiro atoms.